The van der Waals surface area contributed by atoms with Crippen molar-refractivity contribution in [3.8, 4) is 0 Å². The summed E-state index contributed by atoms with van der Waals surface area (Å²) >= 11 is 0. The largest absolute Gasteiger partial charge is 1.00 e. The van der Waals surface area contributed by atoms with Crippen molar-refractivity contribution in [3.05, 3.63) is 323 Å². The van der Waals surface area contributed by atoms with E-state index < -0.39 is 380 Å². The van der Waals surface area contributed by atoms with Gasteiger partial charge in [0.25, 0.3) is 0 Å². The van der Waals surface area contributed by atoms with E-state index in [2.05, 4.69) is 29.9 Å². The van der Waals surface area contributed by atoms with Crippen LogP contribution in [0.1, 0.15) is 56.2 Å². The minimum atomic E-state index is -6.33. The summed E-state index contributed by atoms with van der Waals surface area (Å²) in [6.07, 6.45) is 0. The smallest absolute Gasteiger partial charge is 0.652 e. The second-order valence-electron chi connectivity index (χ2n) is 23.2. The molecule has 0 aliphatic carbocycles. The van der Waals surface area contributed by atoms with E-state index in [4.69, 9.17) is 0 Å². The zero-order valence-electron chi connectivity index (χ0n) is 53.1. The number of nitrogens with zero attached hydrogens (tertiary/aromatic N) is 6. The molecule has 8 nitrogen and oxygen atoms in total. The van der Waals surface area contributed by atoms with Crippen molar-refractivity contribution in [1.82, 2.24) is 9.97 Å². The Bertz CT molecular complexity index is 5650. The summed E-state index contributed by atoms with van der Waals surface area (Å²) in [6.45, 7) is 0. The van der Waals surface area contributed by atoms with Crippen molar-refractivity contribution in [1.29, 1.82) is 0 Å². The summed E-state index contributed by atoms with van der Waals surface area (Å²) in [5.74, 6) is -159. The fraction of sp³-hybridized carbons (Fsp3) is 0.0303. The van der Waals surface area contributed by atoms with Crippen LogP contribution in [0.25, 0.3) is 22.3 Å². The summed E-state index contributed by atoms with van der Waals surface area (Å²) in [7, 11) is 0. The van der Waals surface area contributed by atoms with E-state index in [1.54, 1.807) is 0 Å². The monoisotopic (exact) mass is 1830 g/mol. The summed E-state index contributed by atoms with van der Waals surface area (Å²) in [6, 6.07) is 0. The van der Waals surface area contributed by atoms with Crippen molar-refractivity contribution in [2.75, 3.05) is 0 Å². The molecule has 5 aliphatic heterocycles. The summed E-state index contributed by atoms with van der Waals surface area (Å²) in [4.78, 5) is 15.1. The Balaban J connectivity index is 0.00000683. The Labute approximate surface area is 636 Å². The molecule has 5 aliphatic rings. The summed E-state index contributed by atoms with van der Waals surface area (Å²) in [5.41, 5.74) is -90.4. The van der Waals surface area contributed by atoms with Crippen LogP contribution in [0.5, 0.6) is 0 Å². The van der Waals surface area contributed by atoms with Gasteiger partial charge in [-0.15, -0.1) is 0 Å². The first kappa shape index (κ1) is 87.3. The molecular formula is C66H2Cu2F42N6O2. The van der Waals surface area contributed by atoms with E-state index in [9.17, 15) is 36.6 Å². The van der Waals surface area contributed by atoms with Crippen LogP contribution in [0.2, 0.25) is 0 Å². The Morgan fingerprint density at radius 1 is 0.169 bits per heavy atom. The minimum Gasteiger partial charge on any atom is -0.652 e. The maximum absolute atomic E-state index is 17.5. The minimum absolute atomic E-state index is 0. The molecular weight excluding hydrogens is 1830 g/mol. The SMILES string of the molecule is OC1(c2c(F)c(F)c(F)c(F)c2F)C2=NC(=C(c3c(F)c(F)c(F)c(F)c3F)c3[n-]c(c(F)c3F)/C(c3c(F)c(F)c(F)c(F)c3F)=C3\N=C(C(F)=C3F)C(O)(c3c(F)c(F)c(F)c(F)c3F)C3=N/C(=C(/c4c(F)c(F)c(F)c(F)c4F)c4[n-]c(c(F)c4F)/C(c4c(F)c(F)c(F)c(F)c4F)=C4\N=C1C(F)=C4F)C(F)=C3F)C(F)=C2F.[Cu+].[Cu+]. The number of hydrogen-bond acceptors (Lipinski definition) is 6. The van der Waals surface area contributed by atoms with Gasteiger partial charge in [0.1, 0.15) is 68.9 Å². The van der Waals surface area contributed by atoms with Crippen LogP contribution in [0.3, 0.4) is 0 Å². The third-order valence-electron chi connectivity index (χ3n) is 17.2. The molecule has 118 heavy (non-hydrogen) atoms. The average Bonchev–Trinajstić information content (AvgIpc) is 1.55. The zero-order valence-corrected chi connectivity index (χ0v) is 54.9. The van der Waals surface area contributed by atoms with Crippen molar-refractivity contribution in [2.24, 2.45) is 20.0 Å². The van der Waals surface area contributed by atoms with Gasteiger partial charge >= 0.3 is 34.1 Å². The Kier molecular flexibility index (Phi) is 21.6. The van der Waals surface area contributed by atoms with Gasteiger partial charge in [0.15, 0.2) is 197 Å². The molecule has 0 saturated heterocycles. The molecule has 2 N–H and O–H groups in total. The van der Waals surface area contributed by atoms with E-state index in [-0.39, 0.29) is 34.1 Å². The second-order valence-corrected chi connectivity index (χ2v) is 23.2. The first-order valence-electron chi connectivity index (χ1n) is 29.1. The molecule has 13 rings (SSSR count). The molecule has 2 atom stereocenters. The van der Waals surface area contributed by atoms with Crippen LogP contribution in [0.4, 0.5) is 184 Å². The molecule has 0 saturated carbocycles. The maximum atomic E-state index is 17.5. The number of allylic oxidation sites excluding steroid dienone is 4. The van der Waals surface area contributed by atoms with Crippen molar-refractivity contribution in [2.45, 2.75) is 11.2 Å². The van der Waals surface area contributed by atoms with Gasteiger partial charge in [0.2, 0.25) is 34.9 Å². The molecule has 0 amide bonds. The van der Waals surface area contributed by atoms with Crippen LogP contribution in [-0.2, 0) is 45.3 Å². The van der Waals surface area contributed by atoms with E-state index in [0.29, 0.717) is 0 Å². The quantitative estimate of drug-likeness (QED) is 0.0746. The molecule has 8 aromatic rings. The standard InChI is InChI=1S/C66H2F42N6O2.2Cu/c67-11-1(12(68)24(80)35(91)23(11)79)5-53-41(97)42(98)54(109-53)6(2-13(69)25(81)36(92)26(82)14(2)70)58-46(102)51(107)63(112-58)66(116,10-21(77)33(89)40(96)34(90)22(10)78)64-52(108)48(104)60(114-64)8(4-17(73)29(85)38(94)30(86)18(4)74)56-44(100)43(99)55(110-56)7(3-15(71)27(83)37(93)28(84)16(3)72)59-47(103)50(106)62(113-59)65(115,61-49(105)45(101)57(5)111-61)9-19(75)31(87)39(95)32(88)20(9)76;;/h115-116H;;/q-2;2*+1/b57-5-,58-6-,59-7-,60-8?;;. The molecule has 2 aromatic heterocycles. The molecule has 2 unspecified atom stereocenters. The fourth-order valence-corrected chi connectivity index (χ4v) is 12.0. The predicted octanol–water partition coefficient (Wildman–Crippen LogP) is 19.3. The molecule has 0 spiro atoms. The van der Waals surface area contributed by atoms with Crippen LogP contribution in [-0.4, -0.2) is 33.1 Å². The normalized spacial score (nSPS) is 19.7. The Hall–Kier alpha value is -11.5. The zero-order chi connectivity index (χ0) is 86.2. The van der Waals surface area contributed by atoms with E-state index >= 15 is 158 Å². The molecule has 0 fully saturated rings. The van der Waals surface area contributed by atoms with Gasteiger partial charge in [0.05, 0.1) is 33.4 Å². The summed E-state index contributed by atoms with van der Waals surface area (Å²) < 4.78 is 685. The third-order valence-corrected chi connectivity index (χ3v) is 17.2. The molecule has 7 heterocycles. The topological polar surface area (TPSA) is 118 Å². The number of aromatic nitrogens is 2. The number of aliphatic imine (C=N–C) groups is 4. The fourth-order valence-electron chi connectivity index (χ4n) is 12.0. The number of fused-ring (bicyclic) bond motifs is 8. The van der Waals surface area contributed by atoms with Crippen LogP contribution in [0, 0.1) is 198 Å². The van der Waals surface area contributed by atoms with Gasteiger partial charge in [-0.05, 0) is 0 Å². The second kappa shape index (κ2) is 29.2. The van der Waals surface area contributed by atoms with Gasteiger partial charge in [-0.3, -0.25) is 0 Å². The Morgan fingerprint density at radius 3 is 0.441 bits per heavy atom. The van der Waals surface area contributed by atoms with Crippen molar-refractivity contribution in [3.63, 3.8) is 0 Å². The van der Waals surface area contributed by atoms with Crippen molar-refractivity contribution < 1.29 is 229 Å². The van der Waals surface area contributed by atoms with Gasteiger partial charge < -0.3 is 20.2 Å². The Morgan fingerprint density at radius 2 is 0.297 bits per heavy atom. The number of aliphatic hydroxyl groups is 2. The number of halogens is 42. The average molecular weight is 1840 g/mol. The van der Waals surface area contributed by atoms with Crippen LogP contribution in [0.15, 0.2) is 89.4 Å². The molecule has 624 valence electrons. The number of benzene rings is 6. The first-order valence-corrected chi connectivity index (χ1v) is 29.1. The van der Waals surface area contributed by atoms with Gasteiger partial charge in [-0.1, -0.05) is 22.8 Å². The van der Waals surface area contributed by atoms with Gasteiger partial charge in [-0.2, -0.15) is 0 Å². The number of rotatable bonds is 6. The predicted molar refractivity (Wildman–Crippen MR) is 295 cm³/mol. The van der Waals surface area contributed by atoms with Gasteiger partial charge in [0, 0.05) is 22.3 Å². The van der Waals surface area contributed by atoms with E-state index in [1.165, 1.54) is 0 Å². The maximum Gasteiger partial charge on any atom is 1.00 e. The number of hydrogen-bond donors (Lipinski definition) is 2. The van der Waals surface area contributed by atoms with Crippen molar-refractivity contribution >= 4 is 45.1 Å². The molecule has 0 radical (unpaired) electrons. The van der Waals surface area contributed by atoms with Crippen LogP contribution >= 0.6 is 0 Å². The van der Waals surface area contributed by atoms with E-state index in [1.807, 2.05) is 0 Å². The summed E-state index contributed by atoms with van der Waals surface area (Å²) in [5, 5.41) is 25.2. The van der Waals surface area contributed by atoms with Gasteiger partial charge in [-0.25, -0.2) is 204 Å². The van der Waals surface area contributed by atoms with Crippen LogP contribution < -0.4 is 9.97 Å². The molecule has 6 aromatic carbocycles. The molecule has 52 heteroatoms. The third kappa shape index (κ3) is 11.5. The first-order chi connectivity index (χ1) is 53.9. The molecule has 12 bridgehead atoms. The van der Waals surface area contributed by atoms with E-state index in [0.717, 1.165) is 0 Å².